The van der Waals surface area contributed by atoms with Gasteiger partial charge in [0.1, 0.15) is 0 Å². The number of rotatable bonds is 0. The van der Waals surface area contributed by atoms with Crippen LogP contribution in [0.4, 0.5) is 0 Å². The Morgan fingerprint density at radius 2 is 1.20 bits per heavy atom. The summed E-state index contributed by atoms with van der Waals surface area (Å²) in [7, 11) is 9.76. The van der Waals surface area contributed by atoms with Gasteiger partial charge in [0.2, 0.25) is 0 Å². The van der Waals surface area contributed by atoms with Crippen molar-refractivity contribution in [2.24, 2.45) is 0 Å². The zero-order chi connectivity index (χ0) is 7.07. The standard InChI is InChI=1S/C5H10S5/c1-2-4-6-8-10-9-7-5-3-1/h1-5H2. The third kappa shape index (κ3) is 5.41. The van der Waals surface area contributed by atoms with Gasteiger partial charge in [0.05, 0.1) is 0 Å². The van der Waals surface area contributed by atoms with Gasteiger partial charge in [-0.2, -0.15) is 0 Å². The van der Waals surface area contributed by atoms with E-state index in [1.807, 2.05) is 51.1 Å². The van der Waals surface area contributed by atoms with Gasteiger partial charge in [-0.15, -0.1) is 0 Å². The Morgan fingerprint density at radius 1 is 0.600 bits per heavy atom. The van der Waals surface area contributed by atoms with Gasteiger partial charge in [0.15, 0.2) is 0 Å². The van der Waals surface area contributed by atoms with Gasteiger partial charge >= 0.3 is 0 Å². The van der Waals surface area contributed by atoms with Crippen LogP contribution in [0, 0.1) is 0 Å². The van der Waals surface area contributed by atoms with Crippen molar-refractivity contribution in [3.05, 3.63) is 0 Å². The molecular formula is C5H10S5. The van der Waals surface area contributed by atoms with Crippen molar-refractivity contribution < 1.29 is 0 Å². The molecule has 0 amide bonds. The maximum atomic E-state index is 2.00. The predicted octanol–water partition coefficient (Wildman–Crippen LogP) is 4.50. The van der Waals surface area contributed by atoms with Crippen molar-refractivity contribution in [2.75, 3.05) is 11.5 Å². The lowest BCUT2D eigenvalue weighted by molar-refractivity contribution is 0.788. The van der Waals surface area contributed by atoms with Crippen molar-refractivity contribution >= 4 is 51.1 Å². The Morgan fingerprint density at radius 3 is 1.80 bits per heavy atom. The highest BCUT2D eigenvalue weighted by molar-refractivity contribution is 9.35. The van der Waals surface area contributed by atoms with E-state index in [4.69, 9.17) is 0 Å². The minimum Gasteiger partial charge on any atom is -0.0817 e. The zero-order valence-electron chi connectivity index (χ0n) is 5.58. The van der Waals surface area contributed by atoms with E-state index >= 15 is 0 Å². The third-order valence-corrected chi connectivity index (χ3v) is 9.96. The summed E-state index contributed by atoms with van der Waals surface area (Å²) < 4.78 is 0. The number of hydrogen-bond acceptors (Lipinski definition) is 5. The molecule has 0 spiro atoms. The molecule has 1 aliphatic rings. The monoisotopic (exact) mass is 230 g/mol. The fourth-order valence-corrected chi connectivity index (χ4v) is 9.62. The lowest BCUT2D eigenvalue weighted by atomic mass is 10.3. The van der Waals surface area contributed by atoms with Gasteiger partial charge in [-0.25, -0.2) is 0 Å². The molecule has 0 aliphatic carbocycles. The predicted molar refractivity (Wildman–Crippen MR) is 61.5 cm³/mol. The first-order chi connectivity index (χ1) is 5.00. The third-order valence-electron chi connectivity index (χ3n) is 1.11. The van der Waals surface area contributed by atoms with E-state index < -0.39 is 0 Å². The molecule has 0 unspecified atom stereocenters. The molecule has 1 fully saturated rings. The van der Waals surface area contributed by atoms with Crippen LogP contribution >= 0.6 is 51.1 Å². The highest BCUT2D eigenvalue weighted by Gasteiger charge is 1.98. The Balaban J connectivity index is 2.00. The summed E-state index contributed by atoms with van der Waals surface area (Å²) >= 11 is 0. The molecule has 1 heterocycles. The second-order valence-electron chi connectivity index (χ2n) is 1.91. The van der Waals surface area contributed by atoms with E-state index in [9.17, 15) is 0 Å². The first kappa shape index (κ1) is 9.84. The van der Waals surface area contributed by atoms with Crippen LogP contribution in [0.15, 0.2) is 0 Å². The van der Waals surface area contributed by atoms with E-state index in [-0.39, 0.29) is 0 Å². The molecule has 0 saturated carbocycles. The highest BCUT2D eigenvalue weighted by Crippen LogP contribution is 2.49. The average molecular weight is 230 g/mol. The van der Waals surface area contributed by atoms with E-state index in [0.717, 1.165) is 0 Å². The number of hydrogen-bond donors (Lipinski definition) is 0. The second kappa shape index (κ2) is 7.40. The maximum absolute atomic E-state index is 2.00. The second-order valence-corrected chi connectivity index (χ2v) is 9.92. The van der Waals surface area contributed by atoms with Crippen LogP contribution in [0.2, 0.25) is 0 Å². The van der Waals surface area contributed by atoms with Crippen molar-refractivity contribution in [2.45, 2.75) is 19.3 Å². The smallest absolute Gasteiger partial charge is 0.00454 e. The van der Waals surface area contributed by atoms with Gasteiger partial charge in [-0.1, -0.05) is 28.0 Å². The Bertz CT molecular complexity index is 43.2. The summed E-state index contributed by atoms with van der Waals surface area (Å²) in [4.78, 5) is 0. The molecular weight excluding hydrogens is 220 g/mol. The van der Waals surface area contributed by atoms with E-state index in [1.54, 1.807) is 0 Å². The molecule has 0 aromatic carbocycles. The molecule has 0 bridgehead atoms. The zero-order valence-corrected chi connectivity index (χ0v) is 9.66. The summed E-state index contributed by atoms with van der Waals surface area (Å²) in [5.41, 5.74) is 0. The summed E-state index contributed by atoms with van der Waals surface area (Å²) in [6, 6.07) is 0. The van der Waals surface area contributed by atoms with Gasteiger partial charge in [0.25, 0.3) is 0 Å². The Hall–Kier alpha value is 1.75. The van der Waals surface area contributed by atoms with Crippen molar-refractivity contribution in [1.82, 2.24) is 0 Å². The SMILES string of the molecule is C1CCSSSSSCC1. The average Bonchev–Trinajstić information content (AvgIpc) is 2.01. The summed E-state index contributed by atoms with van der Waals surface area (Å²) in [6.45, 7) is 0. The van der Waals surface area contributed by atoms with E-state index in [0.29, 0.717) is 0 Å². The molecule has 1 aliphatic heterocycles. The molecule has 0 nitrogen and oxygen atoms in total. The van der Waals surface area contributed by atoms with Crippen LogP contribution < -0.4 is 0 Å². The van der Waals surface area contributed by atoms with Gasteiger partial charge in [-0.05, 0) is 42.3 Å². The van der Waals surface area contributed by atoms with Crippen LogP contribution in [-0.2, 0) is 0 Å². The fraction of sp³-hybridized carbons (Fsp3) is 1.00. The van der Waals surface area contributed by atoms with Crippen molar-refractivity contribution in [3.63, 3.8) is 0 Å². The van der Waals surface area contributed by atoms with Gasteiger partial charge in [0, 0.05) is 11.5 Å². The minimum atomic E-state index is 1.34. The molecule has 0 aromatic heterocycles. The highest BCUT2D eigenvalue weighted by atomic mass is 33.8. The van der Waals surface area contributed by atoms with Crippen molar-refractivity contribution in [3.8, 4) is 0 Å². The largest absolute Gasteiger partial charge is 0.0817 e. The molecule has 0 aromatic rings. The Kier molecular flexibility index (Phi) is 7.28. The quantitative estimate of drug-likeness (QED) is 0.560. The fourth-order valence-electron chi connectivity index (χ4n) is 0.617. The molecule has 1 rings (SSSR count). The van der Waals surface area contributed by atoms with Crippen LogP contribution in [-0.4, -0.2) is 11.5 Å². The van der Waals surface area contributed by atoms with Crippen LogP contribution in [0.1, 0.15) is 19.3 Å². The topological polar surface area (TPSA) is 0 Å². The first-order valence-corrected chi connectivity index (χ1v) is 9.73. The lowest BCUT2D eigenvalue weighted by Crippen LogP contribution is -1.81. The molecule has 1 saturated heterocycles. The summed E-state index contributed by atoms with van der Waals surface area (Å²) in [6.07, 6.45) is 4.23. The van der Waals surface area contributed by atoms with E-state index in [2.05, 4.69) is 0 Å². The molecule has 0 radical (unpaired) electrons. The van der Waals surface area contributed by atoms with Crippen molar-refractivity contribution in [1.29, 1.82) is 0 Å². The summed E-state index contributed by atoms with van der Waals surface area (Å²) in [5.74, 6) is 2.67. The lowest BCUT2D eigenvalue weighted by Gasteiger charge is -2.03. The maximum Gasteiger partial charge on any atom is 0.00454 e. The minimum absolute atomic E-state index is 1.34. The van der Waals surface area contributed by atoms with Gasteiger partial charge < -0.3 is 0 Å². The first-order valence-electron chi connectivity index (χ1n) is 3.24. The van der Waals surface area contributed by atoms with Crippen LogP contribution in [0.25, 0.3) is 0 Å². The molecule has 0 atom stereocenters. The van der Waals surface area contributed by atoms with Crippen LogP contribution in [0.5, 0.6) is 0 Å². The normalized spacial score (nSPS) is 24.0. The molecule has 10 heavy (non-hydrogen) atoms. The summed E-state index contributed by atoms with van der Waals surface area (Å²) in [5, 5.41) is 0. The van der Waals surface area contributed by atoms with Crippen LogP contribution in [0.3, 0.4) is 0 Å². The molecule has 60 valence electrons. The van der Waals surface area contributed by atoms with E-state index in [1.165, 1.54) is 30.8 Å². The van der Waals surface area contributed by atoms with Gasteiger partial charge in [-0.3, -0.25) is 0 Å². The Labute approximate surface area is 81.4 Å². The molecule has 5 heteroatoms. The molecule has 0 N–H and O–H groups in total.